The molecule has 0 bridgehead atoms. The van der Waals surface area contributed by atoms with Crippen molar-refractivity contribution < 1.29 is 9.53 Å². The zero-order valence-electron chi connectivity index (χ0n) is 14.0. The van der Waals surface area contributed by atoms with Gasteiger partial charge in [0.2, 0.25) is 0 Å². The average molecular weight is 344 g/mol. The summed E-state index contributed by atoms with van der Waals surface area (Å²) in [4.78, 5) is 12.3. The van der Waals surface area contributed by atoms with Crippen LogP contribution in [0.3, 0.4) is 0 Å². The van der Waals surface area contributed by atoms with Crippen LogP contribution < -0.4 is 10.6 Å². The SMILES string of the molecule is C[C@H](NCc1cccc(C(=O)NC[C@H]2CCCO2)c1)c1ccsc1. The molecule has 24 heavy (non-hydrogen) atoms. The van der Waals surface area contributed by atoms with Crippen LogP contribution in [0.1, 0.15) is 47.3 Å². The molecule has 0 aliphatic carbocycles. The molecule has 1 aliphatic rings. The van der Waals surface area contributed by atoms with Crippen LogP contribution in [0.2, 0.25) is 0 Å². The molecule has 0 spiro atoms. The second kappa shape index (κ2) is 8.42. The molecule has 2 N–H and O–H groups in total. The summed E-state index contributed by atoms with van der Waals surface area (Å²) in [7, 11) is 0. The molecule has 3 rings (SSSR count). The number of rotatable bonds is 7. The van der Waals surface area contributed by atoms with E-state index in [1.807, 2.05) is 24.3 Å². The number of ether oxygens (including phenoxy) is 1. The van der Waals surface area contributed by atoms with Crippen LogP contribution in [-0.4, -0.2) is 25.2 Å². The highest BCUT2D eigenvalue weighted by atomic mass is 32.1. The average Bonchev–Trinajstić information content (AvgIpc) is 3.31. The van der Waals surface area contributed by atoms with E-state index in [-0.39, 0.29) is 12.0 Å². The molecule has 1 amide bonds. The Hall–Kier alpha value is -1.69. The quantitative estimate of drug-likeness (QED) is 0.808. The van der Waals surface area contributed by atoms with Crippen LogP contribution in [0.25, 0.3) is 0 Å². The Balaban J connectivity index is 1.52. The Morgan fingerprint density at radius 3 is 3.08 bits per heavy atom. The van der Waals surface area contributed by atoms with E-state index in [1.165, 1.54) is 5.56 Å². The van der Waals surface area contributed by atoms with Gasteiger partial charge in [-0.2, -0.15) is 11.3 Å². The zero-order valence-corrected chi connectivity index (χ0v) is 14.8. The van der Waals surface area contributed by atoms with Crippen molar-refractivity contribution in [3.8, 4) is 0 Å². The number of carbonyl (C=O) groups is 1. The molecule has 0 saturated carbocycles. The molecule has 1 saturated heterocycles. The fraction of sp³-hybridized carbons (Fsp3) is 0.421. The summed E-state index contributed by atoms with van der Waals surface area (Å²) in [6, 6.07) is 10.2. The zero-order chi connectivity index (χ0) is 16.8. The van der Waals surface area contributed by atoms with Crippen LogP contribution in [0.4, 0.5) is 0 Å². The van der Waals surface area contributed by atoms with Crippen molar-refractivity contribution in [2.24, 2.45) is 0 Å². The minimum absolute atomic E-state index is 0.0294. The summed E-state index contributed by atoms with van der Waals surface area (Å²) in [5.41, 5.74) is 3.11. The Labute approximate surface area is 147 Å². The van der Waals surface area contributed by atoms with Crippen molar-refractivity contribution in [2.45, 2.75) is 38.5 Å². The lowest BCUT2D eigenvalue weighted by molar-refractivity contribution is 0.0857. The van der Waals surface area contributed by atoms with Crippen LogP contribution in [0.5, 0.6) is 0 Å². The molecular weight excluding hydrogens is 320 g/mol. The summed E-state index contributed by atoms with van der Waals surface area (Å²) in [5.74, 6) is -0.0294. The van der Waals surface area contributed by atoms with Gasteiger partial charge in [0.15, 0.2) is 0 Å². The fourth-order valence-corrected chi connectivity index (χ4v) is 3.60. The van der Waals surface area contributed by atoms with Crippen molar-refractivity contribution in [2.75, 3.05) is 13.2 Å². The highest BCUT2D eigenvalue weighted by Crippen LogP contribution is 2.16. The standard InChI is InChI=1S/C19H24N2O2S/c1-14(17-7-9-24-13-17)20-11-15-4-2-5-16(10-15)19(22)21-12-18-6-3-8-23-18/h2,4-5,7,9-10,13-14,18,20H,3,6,8,11-12H2,1H3,(H,21,22)/t14-,18+/m0/s1. The van der Waals surface area contributed by atoms with Crippen LogP contribution in [0.15, 0.2) is 41.1 Å². The summed E-state index contributed by atoms with van der Waals surface area (Å²) < 4.78 is 5.54. The maximum Gasteiger partial charge on any atom is 0.251 e. The Morgan fingerprint density at radius 2 is 2.33 bits per heavy atom. The summed E-state index contributed by atoms with van der Waals surface area (Å²) in [6.45, 7) is 4.30. The monoisotopic (exact) mass is 344 g/mol. The van der Waals surface area contributed by atoms with E-state index in [0.717, 1.165) is 31.6 Å². The van der Waals surface area contributed by atoms with Gasteiger partial charge in [-0.3, -0.25) is 4.79 Å². The van der Waals surface area contributed by atoms with Crippen molar-refractivity contribution >= 4 is 17.2 Å². The Morgan fingerprint density at radius 1 is 1.42 bits per heavy atom. The largest absolute Gasteiger partial charge is 0.376 e. The molecule has 5 heteroatoms. The first-order chi connectivity index (χ1) is 11.7. The van der Waals surface area contributed by atoms with Gasteiger partial charge in [-0.25, -0.2) is 0 Å². The molecule has 0 radical (unpaired) electrons. The van der Waals surface area contributed by atoms with Crippen LogP contribution >= 0.6 is 11.3 Å². The second-order valence-electron chi connectivity index (χ2n) is 6.20. The van der Waals surface area contributed by atoms with Gasteiger partial charge in [0, 0.05) is 31.3 Å². The number of nitrogens with one attached hydrogen (secondary N) is 2. The third kappa shape index (κ3) is 4.66. The van der Waals surface area contributed by atoms with Crippen LogP contribution in [-0.2, 0) is 11.3 Å². The maximum atomic E-state index is 12.3. The lowest BCUT2D eigenvalue weighted by Crippen LogP contribution is -2.31. The van der Waals surface area contributed by atoms with E-state index in [0.29, 0.717) is 18.2 Å². The molecule has 128 valence electrons. The molecule has 1 aromatic carbocycles. The Bertz CT molecular complexity index is 651. The van der Waals surface area contributed by atoms with E-state index >= 15 is 0 Å². The molecule has 2 aromatic rings. The maximum absolute atomic E-state index is 12.3. The minimum Gasteiger partial charge on any atom is -0.376 e. The van der Waals surface area contributed by atoms with Gasteiger partial charge in [-0.05, 0) is 59.9 Å². The van der Waals surface area contributed by atoms with Crippen molar-refractivity contribution in [3.63, 3.8) is 0 Å². The van der Waals surface area contributed by atoms with E-state index in [2.05, 4.69) is 34.4 Å². The number of benzene rings is 1. The summed E-state index contributed by atoms with van der Waals surface area (Å²) in [5, 5.41) is 10.7. The number of carbonyl (C=O) groups excluding carboxylic acids is 1. The lowest BCUT2D eigenvalue weighted by atomic mass is 10.1. The topological polar surface area (TPSA) is 50.4 Å². The van der Waals surface area contributed by atoms with E-state index in [9.17, 15) is 4.79 Å². The molecule has 0 unspecified atom stereocenters. The highest BCUT2D eigenvalue weighted by Gasteiger charge is 2.16. The molecule has 1 aliphatic heterocycles. The second-order valence-corrected chi connectivity index (χ2v) is 6.98. The van der Waals surface area contributed by atoms with Gasteiger partial charge in [-0.15, -0.1) is 0 Å². The molecule has 4 nitrogen and oxygen atoms in total. The normalized spacial score (nSPS) is 18.5. The minimum atomic E-state index is -0.0294. The molecule has 1 aromatic heterocycles. The predicted octanol–water partition coefficient (Wildman–Crippen LogP) is 3.51. The third-order valence-corrected chi connectivity index (χ3v) is 5.06. The summed E-state index contributed by atoms with van der Waals surface area (Å²) >= 11 is 1.71. The number of thiophene rings is 1. The van der Waals surface area contributed by atoms with Gasteiger partial charge in [0.05, 0.1) is 6.10 Å². The van der Waals surface area contributed by atoms with Gasteiger partial charge >= 0.3 is 0 Å². The van der Waals surface area contributed by atoms with E-state index < -0.39 is 0 Å². The van der Waals surface area contributed by atoms with Crippen molar-refractivity contribution in [3.05, 3.63) is 57.8 Å². The highest BCUT2D eigenvalue weighted by molar-refractivity contribution is 7.07. The predicted molar refractivity (Wildman–Crippen MR) is 97.3 cm³/mol. The number of hydrogen-bond donors (Lipinski definition) is 2. The van der Waals surface area contributed by atoms with Gasteiger partial charge in [0.25, 0.3) is 5.91 Å². The number of hydrogen-bond acceptors (Lipinski definition) is 4. The van der Waals surface area contributed by atoms with E-state index in [4.69, 9.17) is 4.74 Å². The third-order valence-electron chi connectivity index (χ3n) is 4.36. The first kappa shape index (κ1) is 17.1. The van der Waals surface area contributed by atoms with Crippen molar-refractivity contribution in [1.29, 1.82) is 0 Å². The summed E-state index contributed by atoms with van der Waals surface area (Å²) in [6.07, 6.45) is 2.29. The van der Waals surface area contributed by atoms with Crippen molar-refractivity contribution in [1.82, 2.24) is 10.6 Å². The van der Waals surface area contributed by atoms with Crippen LogP contribution in [0, 0.1) is 0 Å². The van der Waals surface area contributed by atoms with Gasteiger partial charge in [0.1, 0.15) is 0 Å². The molecular formula is C19H24N2O2S. The first-order valence-electron chi connectivity index (χ1n) is 8.46. The molecule has 2 atom stereocenters. The molecule has 2 heterocycles. The van der Waals surface area contributed by atoms with E-state index in [1.54, 1.807) is 11.3 Å². The van der Waals surface area contributed by atoms with Gasteiger partial charge in [-0.1, -0.05) is 12.1 Å². The smallest absolute Gasteiger partial charge is 0.251 e. The molecule has 1 fully saturated rings. The fourth-order valence-electron chi connectivity index (χ4n) is 2.85. The van der Waals surface area contributed by atoms with Gasteiger partial charge < -0.3 is 15.4 Å². The first-order valence-corrected chi connectivity index (χ1v) is 9.41. The number of amides is 1. The lowest BCUT2D eigenvalue weighted by Gasteiger charge is -2.14. The Kier molecular flexibility index (Phi) is 6.01.